The van der Waals surface area contributed by atoms with Crippen LogP contribution in [0.3, 0.4) is 0 Å². The predicted molar refractivity (Wildman–Crippen MR) is 161 cm³/mol. The number of carbonyl (C=O) groups is 1. The summed E-state index contributed by atoms with van der Waals surface area (Å²) in [4.78, 5) is 18.4. The van der Waals surface area contributed by atoms with Crippen molar-refractivity contribution in [3.8, 4) is 11.5 Å². The van der Waals surface area contributed by atoms with Gasteiger partial charge in [0.25, 0.3) is 10.0 Å². The highest BCUT2D eigenvalue weighted by atomic mass is 35.5. The lowest BCUT2D eigenvalue weighted by Gasteiger charge is -2.40. The van der Waals surface area contributed by atoms with Gasteiger partial charge in [0.1, 0.15) is 22.7 Å². The molecule has 0 bridgehead atoms. The van der Waals surface area contributed by atoms with Gasteiger partial charge in [-0.3, -0.25) is 0 Å². The molecular weight excluding hydrogens is 586 g/mol. The van der Waals surface area contributed by atoms with E-state index in [1.54, 1.807) is 35.7 Å². The summed E-state index contributed by atoms with van der Waals surface area (Å²) in [6.07, 6.45) is 2.37. The molecule has 1 aliphatic rings. The third-order valence-corrected chi connectivity index (χ3v) is 9.75. The highest BCUT2D eigenvalue weighted by Gasteiger charge is 2.36. The minimum Gasteiger partial charge on any atom is -0.497 e. The largest absolute Gasteiger partial charge is 0.497 e. The molecule has 0 saturated carbocycles. The van der Waals surface area contributed by atoms with E-state index in [1.807, 2.05) is 46.8 Å². The normalized spacial score (nSPS) is 15.3. The number of ether oxygens (including phenoxy) is 3. The smallest absolute Gasteiger partial charge is 0.410 e. The van der Waals surface area contributed by atoms with Crippen molar-refractivity contribution in [2.45, 2.75) is 70.1 Å². The van der Waals surface area contributed by atoms with E-state index in [1.165, 1.54) is 27.8 Å². The SMILES string of the molecule is COc1ccc(CN(c2nccs2)S(=O)(=O)c2ccc(OC3(C)CCN(C(=O)OC(C)(C)C)CC3)c(Cl)c2)c(C)c1. The lowest BCUT2D eigenvalue weighted by Crippen LogP contribution is -2.49. The Hall–Kier alpha value is -3.02. The summed E-state index contributed by atoms with van der Waals surface area (Å²) in [7, 11) is -2.43. The highest BCUT2D eigenvalue weighted by molar-refractivity contribution is 7.93. The number of nitrogens with zero attached hydrogens (tertiary/aromatic N) is 3. The van der Waals surface area contributed by atoms with Crippen LogP contribution in [0.15, 0.2) is 52.9 Å². The van der Waals surface area contributed by atoms with E-state index < -0.39 is 21.2 Å². The van der Waals surface area contributed by atoms with Crippen molar-refractivity contribution in [3.05, 3.63) is 64.1 Å². The van der Waals surface area contributed by atoms with E-state index in [9.17, 15) is 13.2 Å². The Labute approximate surface area is 251 Å². The van der Waals surface area contributed by atoms with E-state index in [2.05, 4.69) is 4.98 Å². The molecule has 2 aromatic carbocycles. The van der Waals surface area contributed by atoms with Gasteiger partial charge in [-0.25, -0.2) is 22.5 Å². The molecule has 1 aliphatic heterocycles. The Morgan fingerprint density at radius 2 is 1.88 bits per heavy atom. The summed E-state index contributed by atoms with van der Waals surface area (Å²) in [6, 6.07) is 10.0. The summed E-state index contributed by atoms with van der Waals surface area (Å²) in [5, 5.41) is 2.26. The van der Waals surface area contributed by atoms with Gasteiger partial charge < -0.3 is 19.1 Å². The van der Waals surface area contributed by atoms with E-state index >= 15 is 0 Å². The number of carbonyl (C=O) groups excluding carboxylic acids is 1. The average Bonchev–Trinajstić information content (AvgIpc) is 3.42. The van der Waals surface area contributed by atoms with Crippen LogP contribution in [0.2, 0.25) is 5.02 Å². The molecule has 0 N–H and O–H groups in total. The highest BCUT2D eigenvalue weighted by Crippen LogP contribution is 2.36. The summed E-state index contributed by atoms with van der Waals surface area (Å²) >= 11 is 7.83. The van der Waals surface area contributed by atoms with Crippen molar-refractivity contribution in [3.63, 3.8) is 0 Å². The van der Waals surface area contributed by atoms with Gasteiger partial charge in [-0.15, -0.1) is 11.3 Å². The van der Waals surface area contributed by atoms with Crippen molar-refractivity contribution in [1.82, 2.24) is 9.88 Å². The van der Waals surface area contributed by atoms with Gasteiger partial charge in [-0.1, -0.05) is 17.7 Å². The van der Waals surface area contributed by atoms with Crippen molar-refractivity contribution >= 4 is 44.2 Å². The van der Waals surface area contributed by atoms with Crippen LogP contribution in [0.1, 0.15) is 51.7 Å². The number of sulfonamides is 1. The Bertz CT molecular complexity index is 1480. The fourth-order valence-corrected chi connectivity index (χ4v) is 7.01. The van der Waals surface area contributed by atoms with Gasteiger partial charge >= 0.3 is 6.09 Å². The Kier molecular flexibility index (Phi) is 9.10. The number of amides is 1. The number of halogens is 1. The lowest BCUT2D eigenvalue weighted by molar-refractivity contribution is -0.00980. The van der Waals surface area contributed by atoms with Crippen LogP contribution < -0.4 is 13.8 Å². The number of anilines is 1. The van der Waals surface area contributed by atoms with Gasteiger partial charge in [-0.05, 0) is 76.1 Å². The van der Waals surface area contributed by atoms with Gasteiger partial charge in [0.2, 0.25) is 0 Å². The van der Waals surface area contributed by atoms with Crippen molar-refractivity contribution in [2.75, 3.05) is 24.5 Å². The van der Waals surface area contributed by atoms with Crippen molar-refractivity contribution in [1.29, 1.82) is 0 Å². The Morgan fingerprint density at radius 1 is 1.17 bits per heavy atom. The zero-order valence-electron chi connectivity index (χ0n) is 24.1. The summed E-state index contributed by atoms with van der Waals surface area (Å²) in [6.45, 7) is 10.4. The summed E-state index contributed by atoms with van der Waals surface area (Å²) in [5.74, 6) is 1.08. The number of likely N-dealkylation sites (tertiary alicyclic amines) is 1. The third kappa shape index (κ3) is 7.44. The molecule has 4 rings (SSSR count). The number of methoxy groups -OCH3 is 1. The third-order valence-electron chi connectivity index (χ3n) is 6.82. The summed E-state index contributed by atoms with van der Waals surface area (Å²) < 4.78 is 46.2. The van der Waals surface area contributed by atoms with Gasteiger partial charge in [-0.2, -0.15) is 0 Å². The molecule has 3 aromatic rings. The van der Waals surface area contributed by atoms with Crippen LogP contribution in [0, 0.1) is 6.92 Å². The first-order valence-electron chi connectivity index (χ1n) is 13.2. The molecule has 0 atom stereocenters. The van der Waals surface area contributed by atoms with E-state index in [4.69, 9.17) is 25.8 Å². The number of aromatic nitrogens is 1. The molecule has 222 valence electrons. The van der Waals surface area contributed by atoms with Gasteiger partial charge in [0.05, 0.1) is 23.6 Å². The predicted octanol–water partition coefficient (Wildman–Crippen LogP) is 6.68. The van der Waals surface area contributed by atoms with Crippen LogP contribution in [0.5, 0.6) is 11.5 Å². The molecule has 1 saturated heterocycles. The molecule has 9 nitrogen and oxygen atoms in total. The summed E-state index contributed by atoms with van der Waals surface area (Å²) in [5.41, 5.74) is 0.573. The molecule has 41 heavy (non-hydrogen) atoms. The van der Waals surface area contributed by atoms with Gasteiger partial charge in [0.15, 0.2) is 5.13 Å². The lowest BCUT2D eigenvalue weighted by atomic mass is 9.93. The number of aryl methyl sites for hydroxylation is 1. The van der Waals surface area contributed by atoms with E-state index in [0.717, 1.165) is 11.1 Å². The van der Waals surface area contributed by atoms with E-state index in [-0.39, 0.29) is 22.6 Å². The van der Waals surface area contributed by atoms with Crippen LogP contribution >= 0.6 is 22.9 Å². The second kappa shape index (κ2) is 12.1. The molecule has 1 amide bonds. The molecular formula is C29H36ClN3O6S2. The molecule has 0 radical (unpaired) electrons. The standard InChI is InChI=1S/C29H36ClN3O6S2/c1-20-17-22(37-6)8-7-21(20)19-33(26-31-13-16-40-26)41(35,36)23-9-10-25(24(30)18-23)38-29(5)11-14-32(15-12-29)27(34)39-28(2,3)4/h7-10,13,16-18H,11-12,14-15,19H2,1-6H3. The fraction of sp³-hybridized carbons (Fsp3) is 0.448. The maximum Gasteiger partial charge on any atom is 0.410 e. The maximum absolute atomic E-state index is 13.9. The maximum atomic E-state index is 13.9. The number of rotatable bonds is 8. The van der Waals surface area contributed by atoms with Crippen LogP contribution in [-0.4, -0.2) is 55.8 Å². The second-order valence-electron chi connectivity index (χ2n) is 11.2. The van der Waals surface area contributed by atoms with E-state index in [0.29, 0.717) is 42.6 Å². The molecule has 0 aliphatic carbocycles. The van der Waals surface area contributed by atoms with Crippen LogP contribution in [0.4, 0.5) is 9.93 Å². The topological polar surface area (TPSA) is 98.3 Å². The first kappa shape index (κ1) is 30.9. The quantitative estimate of drug-likeness (QED) is 0.277. The average molecular weight is 622 g/mol. The number of benzene rings is 2. The van der Waals surface area contributed by atoms with Crippen LogP contribution in [0.25, 0.3) is 0 Å². The molecule has 0 unspecified atom stereocenters. The second-order valence-corrected chi connectivity index (χ2v) is 14.4. The van der Waals surface area contributed by atoms with Crippen LogP contribution in [-0.2, 0) is 21.3 Å². The Balaban J connectivity index is 1.52. The number of hydrogen-bond acceptors (Lipinski definition) is 8. The molecule has 12 heteroatoms. The number of thiazole rings is 1. The monoisotopic (exact) mass is 621 g/mol. The number of piperidine rings is 1. The molecule has 1 fully saturated rings. The van der Waals surface area contributed by atoms with Crippen molar-refractivity contribution in [2.24, 2.45) is 0 Å². The van der Waals surface area contributed by atoms with Crippen molar-refractivity contribution < 1.29 is 27.4 Å². The first-order valence-corrected chi connectivity index (χ1v) is 15.9. The zero-order valence-corrected chi connectivity index (χ0v) is 26.5. The first-order chi connectivity index (χ1) is 19.2. The molecule has 1 aromatic heterocycles. The Morgan fingerprint density at radius 3 is 2.44 bits per heavy atom. The van der Waals surface area contributed by atoms with Gasteiger partial charge in [0, 0.05) is 37.5 Å². The molecule has 0 spiro atoms. The zero-order chi connectivity index (χ0) is 30.0. The number of hydrogen-bond donors (Lipinski definition) is 0. The minimum absolute atomic E-state index is 0.0288. The minimum atomic E-state index is -4.02. The fourth-order valence-electron chi connectivity index (χ4n) is 4.43. The molecule has 2 heterocycles.